The van der Waals surface area contributed by atoms with Crippen LogP contribution in [0.2, 0.25) is 0 Å². The highest BCUT2D eigenvalue weighted by Crippen LogP contribution is 2.06. The number of carbonyl (C=O) groups excluding carboxylic acids is 1. The van der Waals surface area contributed by atoms with E-state index in [0.29, 0.717) is 13.0 Å². The summed E-state index contributed by atoms with van der Waals surface area (Å²) >= 11 is 0. The van der Waals surface area contributed by atoms with Crippen LogP contribution in [-0.4, -0.2) is 29.7 Å². The van der Waals surface area contributed by atoms with Crippen LogP contribution in [0.1, 0.15) is 40.0 Å². The minimum absolute atomic E-state index is 0.167. The molecule has 0 rings (SSSR count). The quantitative estimate of drug-likeness (QED) is 0.584. The molecule has 0 bridgehead atoms. The van der Waals surface area contributed by atoms with Crippen molar-refractivity contribution in [2.75, 3.05) is 6.54 Å². The second-order valence-electron chi connectivity index (χ2n) is 4.09. The molecule has 1 amide bonds. The lowest BCUT2D eigenvalue weighted by Crippen LogP contribution is -2.44. The van der Waals surface area contributed by atoms with Crippen molar-refractivity contribution in [2.24, 2.45) is 11.7 Å². The van der Waals surface area contributed by atoms with Gasteiger partial charge < -0.3 is 16.2 Å². The summed E-state index contributed by atoms with van der Waals surface area (Å²) in [7, 11) is 0. The van der Waals surface area contributed by atoms with Crippen molar-refractivity contribution in [3.8, 4) is 0 Å². The van der Waals surface area contributed by atoms with Crippen LogP contribution >= 0.6 is 0 Å². The van der Waals surface area contributed by atoms with Gasteiger partial charge in [0.25, 0.3) is 0 Å². The van der Waals surface area contributed by atoms with Crippen molar-refractivity contribution in [1.29, 1.82) is 0 Å². The summed E-state index contributed by atoms with van der Waals surface area (Å²) in [6.07, 6.45) is 2.00. The summed E-state index contributed by atoms with van der Waals surface area (Å²) in [5, 5.41) is 12.3. The fraction of sp³-hybridized carbons (Fsp3) is 0.909. The predicted molar refractivity (Wildman–Crippen MR) is 61.4 cm³/mol. The first-order valence-corrected chi connectivity index (χ1v) is 5.74. The number of nitrogens with two attached hydrogens (primary N) is 1. The fourth-order valence-corrected chi connectivity index (χ4v) is 1.25. The monoisotopic (exact) mass is 216 g/mol. The molecule has 0 saturated carbocycles. The van der Waals surface area contributed by atoms with Gasteiger partial charge in [-0.05, 0) is 12.3 Å². The fourth-order valence-electron chi connectivity index (χ4n) is 1.25. The van der Waals surface area contributed by atoms with E-state index in [-0.39, 0.29) is 11.8 Å². The summed E-state index contributed by atoms with van der Waals surface area (Å²) in [6, 6.07) is -0.445. The van der Waals surface area contributed by atoms with Crippen LogP contribution in [0.4, 0.5) is 0 Å². The van der Waals surface area contributed by atoms with E-state index < -0.39 is 12.1 Å². The first-order chi connectivity index (χ1) is 7.02. The third-order valence-electron chi connectivity index (χ3n) is 2.72. The zero-order valence-corrected chi connectivity index (χ0v) is 9.99. The number of amides is 1. The van der Waals surface area contributed by atoms with Gasteiger partial charge in [-0.25, -0.2) is 0 Å². The van der Waals surface area contributed by atoms with E-state index in [9.17, 15) is 9.90 Å². The Hall–Kier alpha value is -0.610. The van der Waals surface area contributed by atoms with E-state index in [2.05, 4.69) is 5.32 Å². The maximum atomic E-state index is 11.4. The number of hydrogen-bond donors (Lipinski definition) is 3. The summed E-state index contributed by atoms with van der Waals surface area (Å²) in [5.74, 6) is 0.0342. The number of aliphatic hydroxyl groups excluding tert-OH is 1. The van der Waals surface area contributed by atoms with E-state index in [0.717, 1.165) is 12.8 Å². The van der Waals surface area contributed by atoms with Crippen LogP contribution in [0.25, 0.3) is 0 Å². The van der Waals surface area contributed by atoms with Gasteiger partial charge in [0.05, 0.1) is 12.1 Å². The van der Waals surface area contributed by atoms with Gasteiger partial charge in [-0.3, -0.25) is 4.79 Å². The van der Waals surface area contributed by atoms with Crippen LogP contribution in [0, 0.1) is 5.92 Å². The molecule has 3 unspecified atom stereocenters. The van der Waals surface area contributed by atoms with Crippen LogP contribution in [-0.2, 0) is 4.79 Å². The molecule has 0 saturated heterocycles. The second-order valence-corrected chi connectivity index (χ2v) is 4.09. The Morgan fingerprint density at radius 3 is 2.53 bits per heavy atom. The summed E-state index contributed by atoms with van der Waals surface area (Å²) in [6.45, 7) is 6.26. The van der Waals surface area contributed by atoms with E-state index >= 15 is 0 Å². The Morgan fingerprint density at radius 2 is 2.07 bits per heavy atom. The molecule has 0 aromatic rings. The Kier molecular flexibility index (Phi) is 7.34. The maximum Gasteiger partial charge on any atom is 0.237 e. The molecular weight excluding hydrogens is 192 g/mol. The zero-order valence-electron chi connectivity index (χ0n) is 9.99. The van der Waals surface area contributed by atoms with Gasteiger partial charge in [-0.1, -0.05) is 33.6 Å². The molecule has 4 nitrogen and oxygen atoms in total. The highest BCUT2D eigenvalue weighted by Gasteiger charge is 2.16. The van der Waals surface area contributed by atoms with Crippen molar-refractivity contribution in [1.82, 2.24) is 5.32 Å². The average molecular weight is 216 g/mol. The number of aliphatic hydroxyl groups is 1. The average Bonchev–Trinajstić information content (AvgIpc) is 2.24. The first kappa shape index (κ1) is 14.4. The van der Waals surface area contributed by atoms with Crippen LogP contribution in [0.3, 0.4) is 0 Å². The van der Waals surface area contributed by atoms with Crippen LogP contribution in [0.5, 0.6) is 0 Å². The number of rotatable bonds is 7. The molecule has 0 aromatic heterocycles. The molecule has 0 aliphatic rings. The van der Waals surface area contributed by atoms with Gasteiger partial charge in [0.1, 0.15) is 0 Å². The van der Waals surface area contributed by atoms with Gasteiger partial charge >= 0.3 is 0 Å². The molecule has 0 aliphatic carbocycles. The van der Waals surface area contributed by atoms with Crippen LogP contribution in [0.15, 0.2) is 0 Å². The van der Waals surface area contributed by atoms with E-state index in [1.54, 1.807) is 0 Å². The van der Waals surface area contributed by atoms with Gasteiger partial charge in [0.2, 0.25) is 5.91 Å². The van der Waals surface area contributed by atoms with E-state index in [1.165, 1.54) is 0 Å². The standard InChI is InChI=1S/C11H24N2O2/c1-4-6-9(12)11(15)13-7-10(14)8(3)5-2/h8-10,14H,4-7,12H2,1-3H3,(H,13,15). The minimum atomic E-state index is -0.479. The maximum absolute atomic E-state index is 11.4. The Balaban J connectivity index is 3.79. The third kappa shape index (κ3) is 5.74. The molecule has 0 radical (unpaired) electrons. The Morgan fingerprint density at radius 1 is 1.47 bits per heavy atom. The highest BCUT2D eigenvalue weighted by atomic mass is 16.3. The van der Waals surface area contributed by atoms with Gasteiger partial charge in [-0.15, -0.1) is 0 Å². The summed E-state index contributed by atoms with van der Waals surface area (Å²) in [5.41, 5.74) is 5.63. The summed E-state index contributed by atoms with van der Waals surface area (Å²) in [4.78, 5) is 11.4. The molecule has 0 aromatic carbocycles. The number of nitrogens with one attached hydrogen (secondary N) is 1. The van der Waals surface area contributed by atoms with E-state index in [4.69, 9.17) is 5.73 Å². The molecule has 0 spiro atoms. The van der Waals surface area contributed by atoms with E-state index in [1.807, 2.05) is 20.8 Å². The smallest absolute Gasteiger partial charge is 0.237 e. The Bertz CT molecular complexity index is 185. The molecule has 0 fully saturated rings. The third-order valence-corrected chi connectivity index (χ3v) is 2.72. The van der Waals surface area contributed by atoms with Crippen molar-refractivity contribution >= 4 is 5.91 Å². The van der Waals surface area contributed by atoms with Crippen LogP contribution < -0.4 is 11.1 Å². The lowest BCUT2D eigenvalue weighted by Gasteiger charge is -2.19. The highest BCUT2D eigenvalue weighted by molar-refractivity contribution is 5.81. The predicted octanol–water partition coefficient (Wildman–Crippen LogP) is 0.637. The molecule has 4 heteroatoms. The van der Waals surface area contributed by atoms with Crippen molar-refractivity contribution in [3.63, 3.8) is 0 Å². The van der Waals surface area contributed by atoms with Crippen molar-refractivity contribution in [2.45, 2.75) is 52.2 Å². The molecule has 3 atom stereocenters. The topological polar surface area (TPSA) is 75.4 Å². The molecule has 15 heavy (non-hydrogen) atoms. The Labute approximate surface area is 92.2 Å². The largest absolute Gasteiger partial charge is 0.391 e. The van der Waals surface area contributed by atoms with Gasteiger partial charge in [0.15, 0.2) is 0 Å². The van der Waals surface area contributed by atoms with Gasteiger partial charge in [0, 0.05) is 6.54 Å². The number of carbonyl (C=O) groups is 1. The SMILES string of the molecule is CCCC(N)C(=O)NCC(O)C(C)CC. The second kappa shape index (κ2) is 7.65. The lowest BCUT2D eigenvalue weighted by atomic mass is 10.0. The number of hydrogen-bond acceptors (Lipinski definition) is 3. The molecule has 0 aliphatic heterocycles. The lowest BCUT2D eigenvalue weighted by molar-refractivity contribution is -0.123. The van der Waals surface area contributed by atoms with Crippen molar-refractivity contribution in [3.05, 3.63) is 0 Å². The first-order valence-electron chi connectivity index (χ1n) is 5.74. The molecular formula is C11H24N2O2. The van der Waals surface area contributed by atoms with Gasteiger partial charge in [-0.2, -0.15) is 0 Å². The molecule has 4 N–H and O–H groups in total. The summed E-state index contributed by atoms with van der Waals surface area (Å²) < 4.78 is 0. The zero-order chi connectivity index (χ0) is 11.8. The minimum Gasteiger partial charge on any atom is -0.391 e. The molecule has 90 valence electrons. The van der Waals surface area contributed by atoms with Crippen molar-refractivity contribution < 1.29 is 9.90 Å². The molecule has 0 heterocycles. The normalized spacial score (nSPS) is 16.9.